The first-order chi connectivity index (χ1) is 17.8. The first kappa shape index (κ1) is 25.2. The first-order valence-corrected chi connectivity index (χ1v) is 11.7. The Morgan fingerprint density at radius 2 is 1.68 bits per heavy atom. The Hall–Kier alpha value is -4.90. The fourth-order valence-corrected chi connectivity index (χ4v) is 4.05. The highest BCUT2D eigenvalue weighted by molar-refractivity contribution is 6.39. The summed E-state index contributed by atoms with van der Waals surface area (Å²) >= 11 is 0. The van der Waals surface area contributed by atoms with Gasteiger partial charge in [0.2, 0.25) is 0 Å². The van der Waals surface area contributed by atoms with Crippen molar-refractivity contribution in [3.8, 4) is 17.6 Å². The van der Waals surface area contributed by atoms with Crippen LogP contribution in [0, 0.1) is 25.2 Å². The number of benzene rings is 3. The van der Waals surface area contributed by atoms with Crippen LogP contribution in [0.4, 0.5) is 10.5 Å². The highest BCUT2D eigenvalue weighted by Crippen LogP contribution is 2.31. The third-order valence-corrected chi connectivity index (χ3v) is 5.67. The Kier molecular flexibility index (Phi) is 7.35. The lowest BCUT2D eigenvalue weighted by Crippen LogP contribution is -2.54. The number of nitrogens with one attached hydrogen (secondary N) is 1. The van der Waals surface area contributed by atoms with Gasteiger partial charge in [0.15, 0.2) is 11.5 Å². The third-order valence-electron chi connectivity index (χ3n) is 5.67. The number of hydrogen-bond donors (Lipinski definition) is 1. The summed E-state index contributed by atoms with van der Waals surface area (Å²) < 4.78 is 11.7. The molecule has 1 fully saturated rings. The van der Waals surface area contributed by atoms with Gasteiger partial charge in [-0.25, -0.2) is 9.69 Å². The number of anilines is 1. The number of barbiturate groups is 1. The number of nitriles is 1. The maximum absolute atomic E-state index is 13.3. The van der Waals surface area contributed by atoms with Crippen molar-refractivity contribution in [1.82, 2.24) is 5.32 Å². The molecule has 8 heteroatoms. The number of imide groups is 2. The van der Waals surface area contributed by atoms with Crippen LogP contribution in [0.1, 0.15) is 34.7 Å². The van der Waals surface area contributed by atoms with Crippen LogP contribution in [0.25, 0.3) is 6.08 Å². The summed E-state index contributed by atoms with van der Waals surface area (Å²) in [7, 11) is 0. The van der Waals surface area contributed by atoms with Gasteiger partial charge in [-0.3, -0.25) is 14.9 Å². The van der Waals surface area contributed by atoms with Gasteiger partial charge in [-0.05, 0) is 73.9 Å². The van der Waals surface area contributed by atoms with E-state index in [-0.39, 0.29) is 12.2 Å². The molecule has 1 heterocycles. The van der Waals surface area contributed by atoms with Crippen LogP contribution < -0.4 is 19.7 Å². The number of urea groups is 1. The molecule has 1 aliphatic rings. The second-order valence-electron chi connectivity index (χ2n) is 8.50. The van der Waals surface area contributed by atoms with Gasteiger partial charge in [-0.2, -0.15) is 5.26 Å². The molecular weight excluding hydrogens is 470 g/mol. The second-order valence-corrected chi connectivity index (χ2v) is 8.50. The molecule has 0 spiro atoms. The maximum atomic E-state index is 13.3. The van der Waals surface area contributed by atoms with Crippen molar-refractivity contribution in [3.63, 3.8) is 0 Å². The predicted molar refractivity (Wildman–Crippen MR) is 138 cm³/mol. The quantitative estimate of drug-likeness (QED) is 0.372. The van der Waals surface area contributed by atoms with Gasteiger partial charge in [0, 0.05) is 5.56 Å². The van der Waals surface area contributed by atoms with E-state index in [1.165, 1.54) is 6.08 Å². The van der Waals surface area contributed by atoms with Crippen LogP contribution in [-0.2, 0) is 16.2 Å². The number of amides is 4. The molecule has 0 unspecified atom stereocenters. The van der Waals surface area contributed by atoms with E-state index in [0.717, 1.165) is 21.6 Å². The fourth-order valence-electron chi connectivity index (χ4n) is 4.05. The molecule has 4 amide bonds. The van der Waals surface area contributed by atoms with Crippen molar-refractivity contribution >= 4 is 29.6 Å². The molecule has 0 radical (unpaired) electrons. The minimum absolute atomic E-state index is 0.165. The number of nitrogens with zero attached hydrogens (tertiary/aromatic N) is 2. The molecule has 186 valence electrons. The monoisotopic (exact) mass is 495 g/mol. The zero-order valence-electron chi connectivity index (χ0n) is 20.7. The molecule has 3 aromatic carbocycles. The smallest absolute Gasteiger partial charge is 0.335 e. The molecule has 0 aliphatic carbocycles. The maximum Gasteiger partial charge on any atom is 0.335 e. The van der Waals surface area contributed by atoms with E-state index < -0.39 is 17.8 Å². The first-order valence-electron chi connectivity index (χ1n) is 11.7. The van der Waals surface area contributed by atoms with Gasteiger partial charge in [0.25, 0.3) is 11.8 Å². The molecule has 8 nitrogen and oxygen atoms in total. The highest BCUT2D eigenvalue weighted by atomic mass is 16.5. The zero-order chi connectivity index (χ0) is 26.5. The van der Waals surface area contributed by atoms with Crippen LogP contribution in [0.3, 0.4) is 0 Å². The molecule has 0 saturated carbocycles. The fraction of sp³-hybridized carbons (Fsp3) is 0.172. The average molecular weight is 496 g/mol. The molecule has 1 aliphatic heterocycles. The van der Waals surface area contributed by atoms with Crippen molar-refractivity contribution in [1.29, 1.82) is 5.26 Å². The van der Waals surface area contributed by atoms with Crippen LogP contribution >= 0.6 is 0 Å². The zero-order valence-corrected chi connectivity index (χ0v) is 20.7. The van der Waals surface area contributed by atoms with Gasteiger partial charge in [0.05, 0.1) is 23.9 Å². The summed E-state index contributed by atoms with van der Waals surface area (Å²) in [5.41, 5.74) is 3.74. The summed E-state index contributed by atoms with van der Waals surface area (Å²) in [4.78, 5) is 39.4. The van der Waals surface area contributed by atoms with Crippen molar-refractivity contribution < 1.29 is 23.9 Å². The van der Waals surface area contributed by atoms with Crippen molar-refractivity contribution in [3.05, 3.63) is 94.1 Å². The molecule has 0 aromatic heterocycles. The lowest BCUT2D eigenvalue weighted by Gasteiger charge is -2.27. The van der Waals surface area contributed by atoms with Gasteiger partial charge in [-0.15, -0.1) is 0 Å². The van der Waals surface area contributed by atoms with Crippen LogP contribution in [0.5, 0.6) is 11.5 Å². The molecule has 37 heavy (non-hydrogen) atoms. The van der Waals surface area contributed by atoms with E-state index in [1.807, 2.05) is 39.0 Å². The lowest BCUT2D eigenvalue weighted by atomic mass is 10.0. The standard InChI is InChI=1S/C29H25N3O5/c1-4-36-26-15-20(9-10-25(26)37-17-22-8-6-5-7-21(22)16-30)14-24-27(33)31-29(35)32(28(24)34)23-12-18(2)11-19(3)13-23/h5-15H,4,17H2,1-3H3,(H,31,33,35). The van der Waals surface area contributed by atoms with E-state index in [4.69, 9.17) is 9.47 Å². The summed E-state index contributed by atoms with van der Waals surface area (Å²) in [6.07, 6.45) is 1.41. The minimum Gasteiger partial charge on any atom is -0.490 e. The van der Waals surface area contributed by atoms with Gasteiger partial charge < -0.3 is 9.47 Å². The summed E-state index contributed by atoms with van der Waals surface area (Å²) in [5, 5.41) is 11.5. The minimum atomic E-state index is -0.798. The third kappa shape index (κ3) is 5.52. The van der Waals surface area contributed by atoms with E-state index in [1.54, 1.807) is 42.5 Å². The van der Waals surface area contributed by atoms with Gasteiger partial charge in [-0.1, -0.05) is 30.3 Å². The SMILES string of the molecule is CCOc1cc(C=C2C(=O)NC(=O)N(c3cc(C)cc(C)c3)C2=O)ccc1OCc1ccccc1C#N. The second kappa shape index (κ2) is 10.8. The Bertz CT molecular complexity index is 1450. The molecule has 3 aromatic rings. The van der Waals surface area contributed by atoms with Gasteiger partial charge in [0.1, 0.15) is 12.2 Å². The molecule has 0 atom stereocenters. The van der Waals surface area contributed by atoms with Crippen LogP contribution in [0.15, 0.2) is 66.2 Å². The number of carbonyl (C=O) groups is 3. The Morgan fingerprint density at radius 1 is 0.946 bits per heavy atom. The van der Waals surface area contributed by atoms with Crippen LogP contribution in [0.2, 0.25) is 0 Å². The van der Waals surface area contributed by atoms with Crippen LogP contribution in [-0.4, -0.2) is 24.5 Å². The van der Waals surface area contributed by atoms with Gasteiger partial charge >= 0.3 is 6.03 Å². The Morgan fingerprint density at radius 3 is 2.38 bits per heavy atom. The number of aryl methyl sites for hydroxylation is 2. The highest BCUT2D eigenvalue weighted by Gasteiger charge is 2.37. The number of ether oxygens (including phenoxy) is 2. The molecule has 1 N–H and O–H groups in total. The number of carbonyl (C=O) groups excluding carboxylic acids is 3. The largest absolute Gasteiger partial charge is 0.490 e. The van der Waals surface area contributed by atoms with E-state index in [0.29, 0.717) is 34.9 Å². The summed E-state index contributed by atoms with van der Waals surface area (Å²) in [6, 6.07) is 18.8. The lowest BCUT2D eigenvalue weighted by molar-refractivity contribution is -0.122. The van der Waals surface area contributed by atoms with E-state index in [2.05, 4.69) is 11.4 Å². The Labute approximate surface area is 214 Å². The Balaban J connectivity index is 1.64. The molecular formula is C29H25N3O5. The van der Waals surface area contributed by atoms with E-state index >= 15 is 0 Å². The predicted octanol–water partition coefficient (Wildman–Crippen LogP) is 4.82. The molecule has 4 rings (SSSR count). The summed E-state index contributed by atoms with van der Waals surface area (Å²) in [6.45, 7) is 6.08. The number of rotatable bonds is 7. The molecule has 1 saturated heterocycles. The number of hydrogen-bond acceptors (Lipinski definition) is 6. The molecule has 0 bridgehead atoms. The van der Waals surface area contributed by atoms with Crippen molar-refractivity contribution in [2.45, 2.75) is 27.4 Å². The summed E-state index contributed by atoms with van der Waals surface area (Å²) in [5.74, 6) is -0.632. The van der Waals surface area contributed by atoms with Crippen molar-refractivity contribution in [2.75, 3.05) is 11.5 Å². The normalized spacial score (nSPS) is 14.4. The van der Waals surface area contributed by atoms with Crippen molar-refractivity contribution in [2.24, 2.45) is 0 Å². The van der Waals surface area contributed by atoms with E-state index in [9.17, 15) is 19.6 Å². The topological polar surface area (TPSA) is 109 Å². The average Bonchev–Trinajstić information content (AvgIpc) is 2.85.